The molecule has 3 nitrogen and oxygen atoms in total. The maximum atomic E-state index is 12.2. The smallest absolute Gasteiger partial charge is 0.225 e. The molecule has 2 aliphatic rings. The van der Waals surface area contributed by atoms with Gasteiger partial charge >= 0.3 is 0 Å². The van der Waals surface area contributed by atoms with Crippen molar-refractivity contribution in [2.24, 2.45) is 17.3 Å². The van der Waals surface area contributed by atoms with Gasteiger partial charge in [-0.15, -0.1) is 0 Å². The molecule has 2 rings (SSSR count). The van der Waals surface area contributed by atoms with Crippen LogP contribution in [0.2, 0.25) is 0 Å². The van der Waals surface area contributed by atoms with E-state index in [1.54, 1.807) is 0 Å². The van der Waals surface area contributed by atoms with Crippen LogP contribution in [0.5, 0.6) is 0 Å². The minimum Gasteiger partial charge on any atom is -0.352 e. The Balaban J connectivity index is 1.85. The number of nitrogens with one attached hydrogen (secondary N) is 1. The molecule has 122 valence electrons. The van der Waals surface area contributed by atoms with Crippen molar-refractivity contribution >= 4 is 5.91 Å². The first-order valence-corrected chi connectivity index (χ1v) is 8.88. The van der Waals surface area contributed by atoms with E-state index in [4.69, 9.17) is 0 Å². The first-order chi connectivity index (χ1) is 9.84. The molecular weight excluding hydrogens is 260 g/mol. The SMILES string of the molecule is CC1CC(NC(=O)C(C)(C)C)CN(CC2CCCCC2)C1. The second-order valence-electron chi connectivity index (χ2n) is 8.48. The van der Waals surface area contributed by atoms with Gasteiger partial charge in [0.05, 0.1) is 0 Å². The normalized spacial score (nSPS) is 29.3. The van der Waals surface area contributed by atoms with Gasteiger partial charge < -0.3 is 10.2 Å². The van der Waals surface area contributed by atoms with E-state index in [9.17, 15) is 4.79 Å². The summed E-state index contributed by atoms with van der Waals surface area (Å²) in [5, 5.41) is 3.28. The van der Waals surface area contributed by atoms with Crippen molar-refractivity contribution in [2.75, 3.05) is 19.6 Å². The largest absolute Gasteiger partial charge is 0.352 e. The minimum atomic E-state index is -0.283. The molecular formula is C18H34N2O. The van der Waals surface area contributed by atoms with E-state index in [2.05, 4.69) is 17.1 Å². The number of hydrogen-bond acceptors (Lipinski definition) is 2. The summed E-state index contributed by atoms with van der Waals surface area (Å²) in [5.74, 6) is 1.77. The molecule has 1 saturated carbocycles. The summed E-state index contributed by atoms with van der Waals surface area (Å²) in [6.45, 7) is 11.8. The lowest BCUT2D eigenvalue weighted by molar-refractivity contribution is -0.129. The van der Waals surface area contributed by atoms with Crippen LogP contribution < -0.4 is 5.32 Å². The molecule has 21 heavy (non-hydrogen) atoms. The number of carbonyl (C=O) groups excluding carboxylic acids is 1. The molecule has 1 saturated heterocycles. The molecule has 2 atom stereocenters. The summed E-state index contributed by atoms with van der Waals surface area (Å²) in [6, 6.07) is 0.337. The van der Waals surface area contributed by atoms with Crippen LogP contribution in [0.15, 0.2) is 0 Å². The highest BCUT2D eigenvalue weighted by Gasteiger charge is 2.30. The summed E-state index contributed by atoms with van der Waals surface area (Å²) in [7, 11) is 0. The Labute approximate surface area is 130 Å². The van der Waals surface area contributed by atoms with Gasteiger partial charge in [0, 0.05) is 31.1 Å². The Morgan fingerprint density at radius 2 is 1.81 bits per heavy atom. The van der Waals surface area contributed by atoms with Crippen molar-refractivity contribution < 1.29 is 4.79 Å². The van der Waals surface area contributed by atoms with Crippen molar-refractivity contribution in [2.45, 2.75) is 72.3 Å². The monoisotopic (exact) mass is 294 g/mol. The second kappa shape index (κ2) is 7.13. The second-order valence-corrected chi connectivity index (χ2v) is 8.48. The fourth-order valence-corrected chi connectivity index (χ4v) is 3.85. The molecule has 1 aliphatic heterocycles. The first-order valence-electron chi connectivity index (χ1n) is 8.88. The summed E-state index contributed by atoms with van der Waals surface area (Å²) in [5.41, 5.74) is -0.283. The number of carbonyl (C=O) groups is 1. The van der Waals surface area contributed by atoms with Gasteiger partial charge in [0.25, 0.3) is 0 Å². The Hall–Kier alpha value is -0.570. The van der Waals surface area contributed by atoms with E-state index in [1.165, 1.54) is 45.2 Å². The summed E-state index contributed by atoms with van der Waals surface area (Å²) < 4.78 is 0. The van der Waals surface area contributed by atoms with Crippen molar-refractivity contribution in [3.63, 3.8) is 0 Å². The van der Waals surface area contributed by atoms with Crippen LogP contribution >= 0.6 is 0 Å². The standard InChI is InChI=1S/C18H34N2O/c1-14-10-16(19-17(21)18(2,3)4)13-20(11-14)12-15-8-6-5-7-9-15/h14-16H,5-13H2,1-4H3,(H,19,21). The maximum absolute atomic E-state index is 12.2. The van der Waals surface area contributed by atoms with Crippen molar-refractivity contribution in [3.8, 4) is 0 Å². The van der Waals surface area contributed by atoms with Crippen LogP contribution in [-0.2, 0) is 4.79 Å². The average molecular weight is 294 g/mol. The zero-order valence-corrected chi connectivity index (χ0v) is 14.5. The Kier molecular flexibility index (Phi) is 5.70. The summed E-state index contributed by atoms with van der Waals surface area (Å²) in [6.07, 6.45) is 8.20. The van der Waals surface area contributed by atoms with Gasteiger partial charge in [-0.2, -0.15) is 0 Å². The first kappa shape index (κ1) is 16.8. The van der Waals surface area contributed by atoms with Gasteiger partial charge in [0.2, 0.25) is 5.91 Å². The number of rotatable bonds is 3. The zero-order chi connectivity index (χ0) is 15.5. The number of piperidine rings is 1. The Bertz CT molecular complexity index is 342. The third-order valence-corrected chi connectivity index (χ3v) is 4.99. The molecule has 0 spiro atoms. The average Bonchev–Trinajstić information content (AvgIpc) is 2.38. The molecule has 2 fully saturated rings. The molecule has 1 aliphatic carbocycles. The summed E-state index contributed by atoms with van der Waals surface area (Å²) >= 11 is 0. The Morgan fingerprint density at radius 1 is 1.14 bits per heavy atom. The van der Waals surface area contributed by atoms with Crippen LogP contribution in [0.3, 0.4) is 0 Å². The van der Waals surface area contributed by atoms with Gasteiger partial charge in [-0.3, -0.25) is 4.79 Å². The molecule has 1 heterocycles. The minimum absolute atomic E-state index is 0.194. The summed E-state index contributed by atoms with van der Waals surface area (Å²) in [4.78, 5) is 14.8. The van der Waals surface area contributed by atoms with E-state index < -0.39 is 0 Å². The van der Waals surface area contributed by atoms with E-state index in [0.29, 0.717) is 12.0 Å². The molecule has 0 radical (unpaired) electrons. The number of nitrogens with zero attached hydrogens (tertiary/aromatic N) is 1. The van der Waals surface area contributed by atoms with E-state index in [0.717, 1.165) is 18.9 Å². The predicted octanol–water partition coefficient (Wildman–Crippen LogP) is 3.44. The highest BCUT2D eigenvalue weighted by molar-refractivity contribution is 5.81. The lowest BCUT2D eigenvalue weighted by Crippen LogP contribution is -2.53. The molecule has 0 aromatic heterocycles. The predicted molar refractivity (Wildman–Crippen MR) is 88.2 cm³/mol. The fraction of sp³-hybridized carbons (Fsp3) is 0.944. The number of amides is 1. The highest BCUT2D eigenvalue weighted by atomic mass is 16.2. The van der Waals surface area contributed by atoms with Crippen LogP contribution in [0.4, 0.5) is 0 Å². The van der Waals surface area contributed by atoms with Crippen LogP contribution in [0.25, 0.3) is 0 Å². The van der Waals surface area contributed by atoms with Gasteiger partial charge in [0.15, 0.2) is 0 Å². The molecule has 2 unspecified atom stereocenters. The molecule has 0 aromatic rings. The molecule has 1 amide bonds. The number of hydrogen-bond donors (Lipinski definition) is 1. The van der Waals surface area contributed by atoms with E-state index >= 15 is 0 Å². The molecule has 0 aromatic carbocycles. The third kappa shape index (κ3) is 5.28. The van der Waals surface area contributed by atoms with Gasteiger partial charge in [0.1, 0.15) is 0 Å². The Morgan fingerprint density at radius 3 is 2.43 bits per heavy atom. The lowest BCUT2D eigenvalue weighted by Gasteiger charge is -2.39. The highest BCUT2D eigenvalue weighted by Crippen LogP contribution is 2.26. The van der Waals surface area contributed by atoms with Crippen LogP contribution in [-0.4, -0.2) is 36.5 Å². The topological polar surface area (TPSA) is 32.3 Å². The molecule has 3 heteroatoms. The third-order valence-electron chi connectivity index (χ3n) is 4.99. The lowest BCUT2D eigenvalue weighted by atomic mass is 9.87. The van der Waals surface area contributed by atoms with E-state index in [-0.39, 0.29) is 11.3 Å². The molecule has 0 bridgehead atoms. The molecule has 1 N–H and O–H groups in total. The van der Waals surface area contributed by atoms with Crippen molar-refractivity contribution in [1.29, 1.82) is 0 Å². The van der Waals surface area contributed by atoms with Crippen molar-refractivity contribution in [3.05, 3.63) is 0 Å². The van der Waals surface area contributed by atoms with Gasteiger partial charge in [-0.05, 0) is 31.1 Å². The number of likely N-dealkylation sites (tertiary alicyclic amines) is 1. The zero-order valence-electron chi connectivity index (χ0n) is 14.5. The fourth-order valence-electron chi connectivity index (χ4n) is 3.85. The van der Waals surface area contributed by atoms with Crippen molar-refractivity contribution in [1.82, 2.24) is 10.2 Å². The maximum Gasteiger partial charge on any atom is 0.225 e. The van der Waals surface area contributed by atoms with E-state index in [1.807, 2.05) is 20.8 Å². The van der Waals surface area contributed by atoms with Gasteiger partial charge in [-0.1, -0.05) is 47.0 Å². The van der Waals surface area contributed by atoms with Crippen LogP contribution in [0.1, 0.15) is 66.2 Å². The van der Waals surface area contributed by atoms with Gasteiger partial charge in [-0.25, -0.2) is 0 Å². The van der Waals surface area contributed by atoms with Crippen LogP contribution in [0, 0.1) is 17.3 Å². The quantitative estimate of drug-likeness (QED) is 0.865.